The van der Waals surface area contributed by atoms with Crippen molar-refractivity contribution in [2.75, 3.05) is 13.2 Å². The first-order valence-corrected chi connectivity index (χ1v) is 14.2. The zero-order valence-electron chi connectivity index (χ0n) is 21.9. The summed E-state index contributed by atoms with van der Waals surface area (Å²) in [6, 6.07) is 0. The van der Waals surface area contributed by atoms with E-state index in [9.17, 15) is 5.11 Å². The van der Waals surface area contributed by atoms with Crippen molar-refractivity contribution in [2.24, 2.45) is 56.7 Å². The Hall–Kier alpha value is -0.0800. The standard InChI is InChI=1S/C30H50O2/c1-25(2)13-7-14-26(3)22(25)12-16-27(4)23(26)8-9-24-28(27,5)15-10-21-20-11-17-30(21,24)19-32-29(20,6)18-31/h20-24,31H,7-19H2,1-6H3. The van der Waals surface area contributed by atoms with Gasteiger partial charge in [-0.25, -0.2) is 0 Å². The molecule has 2 bridgehead atoms. The summed E-state index contributed by atoms with van der Waals surface area (Å²) in [5.74, 6) is 3.98. The molecule has 5 saturated carbocycles. The Kier molecular flexibility index (Phi) is 4.59. The van der Waals surface area contributed by atoms with Crippen LogP contribution in [0.15, 0.2) is 0 Å². The van der Waals surface area contributed by atoms with Crippen molar-refractivity contribution in [1.29, 1.82) is 0 Å². The van der Waals surface area contributed by atoms with Crippen LogP contribution in [0.3, 0.4) is 0 Å². The van der Waals surface area contributed by atoms with Crippen LogP contribution >= 0.6 is 0 Å². The summed E-state index contributed by atoms with van der Waals surface area (Å²) in [5, 5.41) is 10.2. The van der Waals surface area contributed by atoms with Crippen LogP contribution in [-0.2, 0) is 4.74 Å². The van der Waals surface area contributed by atoms with Gasteiger partial charge in [0.25, 0.3) is 0 Å². The van der Waals surface area contributed by atoms with Gasteiger partial charge in [0.2, 0.25) is 0 Å². The molecule has 0 aromatic carbocycles. The first-order valence-electron chi connectivity index (χ1n) is 14.2. The molecule has 0 aromatic rings. The van der Waals surface area contributed by atoms with Gasteiger partial charge in [0.15, 0.2) is 0 Å². The fourth-order valence-corrected chi connectivity index (χ4v) is 12.6. The minimum atomic E-state index is -0.293. The van der Waals surface area contributed by atoms with Crippen LogP contribution in [0, 0.1) is 56.7 Å². The highest BCUT2D eigenvalue weighted by molar-refractivity contribution is 5.21. The van der Waals surface area contributed by atoms with E-state index in [-0.39, 0.29) is 12.2 Å². The molecule has 32 heavy (non-hydrogen) atoms. The largest absolute Gasteiger partial charge is 0.393 e. The fraction of sp³-hybridized carbons (Fsp3) is 1.00. The third-order valence-corrected chi connectivity index (χ3v) is 14.2. The number of hydrogen-bond donors (Lipinski definition) is 1. The Morgan fingerprint density at radius 1 is 0.688 bits per heavy atom. The zero-order chi connectivity index (χ0) is 22.8. The predicted octanol–water partition coefficient (Wildman–Crippen LogP) is 7.24. The van der Waals surface area contributed by atoms with Gasteiger partial charge in [-0.2, -0.15) is 0 Å². The van der Waals surface area contributed by atoms with Crippen LogP contribution in [0.5, 0.6) is 0 Å². The number of aliphatic hydroxyl groups is 1. The number of rotatable bonds is 1. The van der Waals surface area contributed by atoms with Gasteiger partial charge in [-0.15, -0.1) is 0 Å². The van der Waals surface area contributed by atoms with Crippen molar-refractivity contribution in [2.45, 2.75) is 118 Å². The van der Waals surface area contributed by atoms with Gasteiger partial charge in [-0.05, 0) is 122 Å². The third-order valence-electron chi connectivity index (χ3n) is 14.2. The van der Waals surface area contributed by atoms with Gasteiger partial charge in [-0.1, -0.05) is 41.0 Å². The lowest BCUT2D eigenvalue weighted by Crippen LogP contribution is -2.68. The van der Waals surface area contributed by atoms with Crippen LogP contribution in [0.1, 0.15) is 112 Å². The lowest BCUT2D eigenvalue weighted by molar-refractivity contribution is -0.277. The molecule has 2 heteroatoms. The minimum absolute atomic E-state index is 0.196. The molecule has 1 saturated heterocycles. The predicted molar refractivity (Wildman–Crippen MR) is 130 cm³/mol. The van der Waals surface area contributed by atoms with Crippen molar-refractivity contribution in [3.05, 3.63) is 0 Å². The van der Waals surface area contributed by atoms with Crippen LogP contribution in [0.25, 0.3) is 0 Å². The van der Waals surface area contributed by atoms with E-state index >= 15 is 0 Å². The maximum absolute atomic E-state index is 10.2. The molecule has 1 aliphatic heterocycles. The number of aliphatic hydroxyl groups excluding tert-OH is 1. The molecule has 0 amide bonds. The zero-order valence-corrected chi connectivity index (χ0v) is 21.9. The Labute approximate surface area is 197 Å². The lowest BCUT2D eigenvalue weighted by atomic mass is 9.31. The highest BCUT2D eigenvalue weighted by Gasteiger charge is 2.73. The van der Waals surface area contributed by atoms with E-state index in [2.05, 4.69) is 41.5 Å². The highest BCUT2D eigenvalue weighted by Crippen LogP contribution is 2.78. The molecule has 6 aliphatic rings. The third kappa shape index (κ3) is 2.41. The van der Waals surface area contributed by atoms with Gasteiger partial charge in [0.05, 0.1) is 18.8 Å². The lowest BCUT2D eigenvalue weighted by Gasteiger charge is -2.74. The molecule has 6 fully saturated rings. The molecule has 1 N–H and O–H groups in total. The summed E-state index contributed by atoms with van der Waals surface area (Å²) in [6.07, 6.45) is 15.6. The number of hydrogen-bond acceptors (Lipinski definition) is 2. The first kappa shape index (κ1) is 22.4. The van der Waals surface area contributed by atoms with Crippen molar-refractivity contribution in [3.63, 3.8) is 0 Å². The topological polar surface area (TPSA) is 29.5 Å². The van der Waals surface area contributed by atoms with Crippen molar-refractivity contribution in [1.82, 2.24) is 0 Å². The second-order valence-corrected chi connectivity index (χ2v) is 15.2. The fourth-order valence-electron chi connectivity index (χ4n) is 12.6. The number of fused-ring (bicyclic) bond motifs is 5. The summed E-state index contributed by atoms with van der Waals surface area (Å²) >= 11 is 0. The molecule has 0 radical (unpaired) electrons. The van der Waals surface area contributed by atoms with E-state index in [1.54, 1.807) is 0 Å². The molecular weight excluding hydrogens is 392 g/mol. The Morgan fingerprint density at radius 2 is 1.34 bits per heavy atom. The van der Waals surface area contributed by atoms with Crippen molar-refractivity contribution < 1.29 is 9.84 Å². The average Bonchev–Trinajstić information content (AvgIpc) is 3.05. The monoisotopic (exact) mass is 442 g/mol. The molecule has 1 heterocycles. The highest BCUT2D eigenvalue weighted by atomic mass is 16.5. The van der Waals surface area contributed by atoms with Gasteiger partial charge in [0.1, 0.15) is 0 Å². The normalized spacial score (nSPS) is 60.7. The maximum Gasteiger partial charge on any atom is 0.0915 e. The molecule has 0 spiro atoms. The molecule has 2 nitrogen and oxygen atoms in total. The molecule has 182 valence electrons. The van der Waals surface area contributed by atoms with Gasteiger partial charge < -0.3 is 9.84 Å². The van der Waals surface area contributed by atoms with Crippen LogP contribution in [0.4, 0.5) is 0 Å². The van der Waals surface area contributed by atoms with Gasteiger partial charge in [-0.3, -0.25) is 0 Å². The second-order valence-electron chi connectivity index (χ2n) is 15.2. The summed E-state index contributed by atoms with van der Waals surface area (Å²) in [4.78, 5) is 0. The quantitative estimate of drug-likeness (QED) is 0.464. The van der Waals surface area contributed by atoms with E-state index in [1.807, 2.05) is 0 Å². The van der Waals surface area contributed by atoms with Crippen molar-refractivity contribution >= 4 is 0 Å². The summed E-state index contributed by atoms with van der Waals surface area (Å²) in [7, 11) is 0. The van der Waals surface area contributed by atoms with E-state index in [1.165, 1.54) is 70.6 Å². The smallest absolute Gasteiger partial charge is 0.0915 e. The maximum atomic E-state index is 10.2. The Balaban J connectivity index is 1.38. The second kappa shape index (κ2) is 6.57. The van der Waals surface area contributed by atoms with Gasteiger partial charge >= 0.3 is 0 Å². The van der Waals surface area contributed by atoms with Crippen molar-refractivity contribution in [3.8, 4) is 0 Å². The van der Waals surface area contributed by atoms with E-state index in [4.69, 9.17) is 4.74 Å². The Bertz CT molecular complexity index is 790. The molecule has 10 atom stereocenters. The van der Waals surface area contributed by atoms with Gasteiger partial charge in [0, 0.05) is 5.41 Å². The molecule has 10 unspecified atom stereocenters. The van der Waals surface area contributed by atoms with Crippen LogP contribution in [-0.4, -0.2) is 23.9 Å². The molecule has 6 rings (SSSR count). The van der Waals surface area contributed by atoms with Crippen LogP contribution < -0.4 is 0 Å². The van der Waals surface area contributed by atoms with E-state index in [0.29, 0.717) is 33.0 Å². The number of ether oxygens (including phenoxy) is 1. The van der Waals surface area contributed by atoms with Crippen LogP contribution in [0.2, 0.25) is 0 Å². The minimum Gasteiger partial charge on any atom is -0.393 e. The average molecular weight is 443 g/mol. The SMILES string of the molecule is CC1(C)CCCC2(C)C1CCC1(C)C2CCC2C34CCC(C3CCC21C)C(C)(CO)OC4. The molecule has 0 aromatic heterocycles. The summed E-state index contributed by atoms with van der Waals surface area (Å²) in [5.41, 5.74) is 2.08. The first-order chi connectivity index (χ1) is 15.0. The molecule has 5 aliphatic carbocycles. The summed E-state index contributed by atoms with van der Waals surface area (Å²) in [6.45, 7) is 16.7. The Morgan fingerprint density at radius 3 is 2.09 bits per heavy atom. The summed E-state index contributed by atoms with van der Waals surface area (Å²) < 4.78 is 6.61. The van der Waals surface area contributed by atoms with E-state index in [0.717, 1.165) is 30.3 Å². The molecular formula is C30H50O2. The van der Waals surface area contributed by atoms with E-state index < -0.39 is 0 Å².